The van der Waals surface area contributed by atoms with Crippen molar-refractivity contribution >= 4 is 60.1 Å². The van der Waals surface area contributed by atoms with Gasteiger partial charge in [0.1, 0.15) is 6.33 Å². The summed E-state index contributed by atoms with van der Waals surface area (Å²) in [6.45, 7) is 1.77. The van der Waals surface area contributed by atoms with Crippen LogP contribution in [0.2, 0.25) is 5.02 Å². The molecule has 8 nitrogen and oxygen atoms in total. The van der Waals surface area contributed by atoms with Gasteiger partial charge in [0.2, 0.25) is 0 Å². The Bertz CT molecular complexity index is 1290. The van der Waals surface area contributed by atoms with Crippen LogP contribution >= 0.6 is 27.5 Å². The number of anilines is 1. The quantitative estimate of drug-likeness (QED) is 0.607. The van der Waals surface area contributed by atoms with Crippen LogP contribution in [0.1, 0.15) is 5.56 Å². The number of sulfone groups is 1. The highest BCUT2D eigenvalue weighted by atomic mass is 79.9. The second-order valence-electron chi connectivity index (χ2n) is 6.02. The van der Waals surface area contributed by atoms with Crippen molar-refractivity contribution in [1.29, 1.82) is 0 Å². The van der Waals surface area contributed by atoms with Gasteiger partial charge in [-0.05, 0) is 58.7 Å². The Balaban J connectivity index is 2.38. The van der Waals surface area contributed by atoms with Crippen LogP contribution in [0.4, 0.5) is 10.5 Å². The van der Waals surface area contributed by atoms with Gasteiger partial charge in [-0.25, -0.2) is 18.2 Å². The molecule has 0 spiro atoms. The molecule has 146 valence electrons. The molecule has 0 aliphatic heterocycles. The highest BCUT2D eigenvalue weighted by Crippen LogP contribution is 2.29. The number of amides is 1. The number of nitrogens with zero attached hydrogens (tertiary/aromatic N) is 3. The molecule has 0 aliphatic rings. The van der Waals surface area contributed by atoms with E-state index in [-0.39, 0.29) is 21.0 Å². The topological polar surface area (TPSA) is 110 Å². The Labute approximate surface area is 173 Å². The molecular formula is C17H13BrClN3O5S. The highest BCUT2D eigenvalue weighted by Gasteiger charge is 2.26. The van der Waals surface area contributed by atoms with Gasteiger partial charge in [-0.2, -0.15) is 9.69 Å². The van der Waals surface area contributed by atoms with Crippen molar-refractivity contribution in [3.8, 4) is 0 Å². The summed E-state index contributed by atoms with van der Waals surface area (Å²) in [5.41, 5.74) is 0.151. The van der Waals surface area contributed by atoms with Gasteiger partial charge in [0.15, 0.2) is 9.84 Å². The fourth-order valence-corrected chi connectivity index (χ4v) is 4.42. The van der Waals surface area contributed by atoms with E-state index >= 15 is 0 Å². The molecule has 0 saturated carbocycles. The van der Waals surface area contributed by atoms with E-state index in [1.54, 1.807) is 19.1 Å². The van der Waals surface area contributed by atoms with Crippen LogP contribution in [-0.4, -0.2) is 35.5 Å². The minimum atomic E-state index is -3.81. The zero-order valence-electron chi connectivity index (χ0n) is 14.6. The molecule has 0 radical (unpaired) electrons. The SMILES string of the molecule is Cc1cc(Br)c2ncn(N(C(=O)O)c3cc(Cl)ccc3S(C)(=O)=O)c(=O)c2c1. The third-order valence-electron chi connectivity index (χ3n) is 3.89. The number of fused-ring (bicyclic) bond motifs is 1. The number of hydrogen-bond donors (Lipinski definition) is 1. The van der Waals surface area contributed by atoms with Crippen molar-refractivity contribution in [2.45, 2.75) is 11.8 Å². The van der Waals surface area contributed by atoms with Crippen molar-refractivity contribution in [3.05, 3.63) is 62.1 Å². The predicted molar refractivity (Wildman–Crippen MR) is 109 cm³/mol. The van der Waals surface area contributed by atoms with Gasteiger partial charge in [-0.1, -0.05) is 11.6 Å². The molecule has 1 N–H and O–H groups in total. The summed E-state index contributed by atoms with van der Waals surface area (Å²) in [5.74, 6) is 0. The average molecular weight is 487 g/mol. The van der Waals surface area contributed by atoms with Crippen LogP contribution < -0.4 is 10.6 Å². The molecule has 1 heterocycles. The van der Waals surface area contributed by atoms with Crippen LogP contribution in [0.3, 0.4) is 0 Å². The molecule has 11 heteroatoms. The van der Waals surface area contributed by atoms with Crippen molar-refractivity contribution in [3.63, 3.8) is 0 Å². The predicted octanol–water partition coefficient (Wildman–Crippen LogP) is 3.47. The number of aromatic nitrogens is 2. The maximum atomic E-state index is 13.0. The average Bonchev–Trinajstić information content (AvgIpc) is 2.56. The van der Waals surface area contributed by atoms with Gasteiger partial charge in [0, 0.05) is 15.8 Å². The van der Waals surface area contributed by atoms with Crippen LogP contribution in [0.25, 0.3) is 10.9 Å². The molecule has 3 aromatic rings. The minimum Gasteiger partial charge on any atom is -0.463 e. The van der Waals surface area contributed by atoms with Crippen molar-refractivity contribution in [2.75, 3.05) is 11.3 Å². The summed E-state index contributed by atoms with van der Waals surface area (Å²) in [6.07, 6.45) is 0.371. The lowest BCUT2D eigenvalue weighted by atomic mass is 10.2. The maximum absolute atomic E-state index is 13.0. The monoisotopic (exact) mass is 485 g/mol. The zero-order valence-corrected chi connectivity index (χ0v) is 17.7. The number of aryl methyl sites for hydroxylation is 1. The van der Waals surface area contributed by atoms with Gasteiger partial charge in [-0.3, -0.25) is 4.79 Å². The molecule has 0 saturated heterocycles. The van der Waals surface area contributed by atoms with Gasteiger partial charge in [0.25, 0.3) is 5.56 Å². The standard InChI is InChI=1S/C17H13BrClN3O5S/c1-9-5-11-15(12(18)6-9)20-8-21(16(11)23)22(17(24)25)13-7-10(19)3-4-14(13)28(2,26)27/h3-8H,1-2H3,(H,24,25). The molecule has 0 atom stereocenters. The molecular weight excluding hydrogens is 474 g/mol. The van der Waals surface area contributed by atoms with Crippen molar-refractivity contribution in [1.82, 2.24) is 9.66 Å². The third kappa shape index (κ3) is 3.62. The smallest absolute Gasteiger partial charge is 0.431 e. The van der Waals surface area contributed by atoms with Gasteiger partial charge < -0.3 is 5.11 Å². The Morgan fingerprint density at radius 3 is 2.57 bits per heavy atom. The minimum absolute atomic E-state index is 0.106. The first-order valence-corrected chi connectivity index (χ1v) is 10.8. The molecule has 3 rings (SSSR count). The van der Waals surface area contributed by atoms with E-state index in [1.807, 2.05) is 0 Å². The van der Waals surface area contributed by atoms with Crippen molar-refractivity contribution in [2.24, 2.45) is 0 Å². The second-order valence-corrected chi connectivity index (χ2v) is 9.29. The Morgan fingerprint density at radius 2 is 1.96 bits per heavy atom. The molecule has 0 aliphatic carbocycles. The first-order valence-electron chi connectivity index (χ1n) is 7.71. The summed E-state index contributed by atoms with van der Waals surface area (Å²) in [6, 6.07) is 7.01. The summed E-state index contributed by atoms with van der Waals surface area (Å²) < 4.78 is 25.6. The summed E-state index contributed by atoms with van der Waals surface area (Å²) in [5, 5.41) is 10.5. The Kier molecular flexibility index (Phi) is 5.22. The zero-order chi connectivity index (χ0) is 20.8. The lowest BCUT2D eigenvalue weighted by Crippen LogP contribution is -2.43. The van der Waals surface area contributed by atoms with E-state index in [0.29, 0.717) is 15.0 Å². The number of halogens is 2. The van der Waals surface area contributed by atoms with E-state index in [9.17, 15) is 23.1 Å². The van der Waals surface area contributed by atoms with Crippen LogP contribution in [0.15, 0.2) is 50.8 Å². The Morgan fingerprint density at radius 1 is 1.29 bits per heavy atom. The fraction of sp³-hybridized carbons (Fsp3) is 0.118. The number of carboxylic acid groups (broad SMARTS) is 1. The highest BCUT2D eigenvalue weighted by molar-refractivity contribution is 9.10. The van der Waals surface area contributed by atoms with Crippen LogP contribution in [0, 0.1) is 6.92 Å². The van der Waals surface area contributed by atoms with Gasteiger partial charge >= 0.3 is 6.09 Å². The normalized spacial score (nSPS) is 11.6. The molecule has 2 aromatic carbocycles. The van der Waals surface area contributed by atoms with E-state index < -0.39 is 21.5 Å². The molecule has 0 unspecified atom stereocenters. The second kappa shape index (κ2) is 7.19. The lowest BCUT2D eigenvalue weighted by Gasteiger charge is -2.23. The van der Waals surface area contributed by atoms with E-state index in [1.165, 1.54) is 12.1 Å². The lowest BCUT2D eigenvalue weighted by molar-refractivity contribution is 0.198. The summed E-state index contributed by atoms with van der Waals surface area (Å²) >= 11 is 9.28. The molecule has 0 bridgehead atoms. The van der Waals surface area contributed by atoms with Gasteiger partial charge in [0.05, 0.1) is 21.5 Å². The van der Waals surface area contributed by atoms with Crippen molar-refractivity contribution < 1.29 is 18.3 Å². The first-order chi connectivity index (χ1) is 13.0. The first kappa shape index (κ1) is 20.3. The summed E-state index contributed by atoms with van der Waals surface area (Å²) in [4.78, 5) is 28.9. The van der Waals surface area contributed by atoms with E-state index in [4.69, 9.17) is 11.6 Å². The number of rotatable bonds is 3. The molecule has 28 heavy (non-hydrogen) atoms. The van der Waals surface area contributed by atoms with E-state index in [0.717, 1.165) is 28.9 Å². The molecule has 1 aromatic heterocycles. The van der Waals surface area contributed by atoms with E-state index in [2.05, 4.69) is 20.9 Å². The fourth-order valence-electron chi connectivity index (χ4n) is 2.74. The molecule has 0 fully saturated rings. The number of hydrogen-bond acceptors (Lipinski definition) is 5. The molecule has 1 amide bonds. The largest absolute Gasteiger partial charge is 0.463 e. The number of carbonyl (C=O) groups is 1. The Hall–Kier alpha value is -2.43. The van der Waals surface area contributed by atoms with Gasteiger partial charge in [-0.15, -0.1) is 0 Å². The van der Waals surface area contributed by atoms with Crippen LogP contribution in [-0.2, 0) is 9.84 Å². The van der Waals surface area contributed by atoms with Crippen LogP contribution in [0.5, 0.6) is 0 Å². The summed E-state index contributed by atoms with van der Waals surface area (Å²) in [7, 11) is -3.81. The maximum Gasteiger partial charge on any atom is 0.431 e. The third-order valence-corrected chi connectivity index (χ3v) is 5.87. The number of benzene rings is 2.